The molecule has 3 N–H and O–H groups in total. The average molecular weight is 295 g/mol. The number of carboxylic acids is 1. The summed E-state index contributed by atoms with van der Waals surface area (Å²) in [6, 6.07) is 7.57. The number of benzene rings is 1. The van der Waals surface area contributed by atoms with Gasteiger partial charge in [0.05, 0.1) is 5.92 Å². The third kappa shape index (κ3) is 4.20. The molecular formula is C10H13BrClNO2. The molecule has 0 amide bonds. The fourth-order valence-corrected chi connectivity index (χ4v) is 1.65. The maximum absolute atomic E-state index is 10.8. The van der Waals surface area contributed by atoms with E-state index in [-0.39, 0.29) is 19.0 Å². The summed E-state index contributed by atoms with van der Waals surface area (Å²) in [5, 5.41) is 8.83. The molecule has 84 valence electrons. The van der Waals surface area contributed by atoms with Crippen LogP contribution in [0.15, 0.2) is 28.7 Å². The highest BCUT2D eigenvalue weighted by Crippen LogP contribution is 2.19. The second-order valence-corrected chi connectivity index (χ2v) is 3.92. The zero-order valence-electron chi connectivity index (χ0n) is 8.02. The van der Waals surface area contributed by atoms with Gasteiger partial charge in [0.2, 0.25) is 0 Å². The minimum absolute atomic E-state index is 0. The topological polar surface area (TPSA) is 63.3 Å². The van der Waals surface area contributed by atoms with Crippen LogP contribution in [0.3, 0.4) is 0 Å². The summed E-state index contributed by atoms with van der Waals surface area (Å²) in [6.45, 7) is 0.163. The van der Waals surface area contributed by atoms with Crippen molar-refractivity contribution in [2.45, 2.75) is 6.42 Å². The molecule has 0 fully saturated rings. The van der Waals surface area contributed by atoms with Crippen LogP contribution < -0.4 is 5.73 Å². The first-order chi connectivity index (χ1) is 6.65. The van der Waals surface area contributed by atoms with E-state index in [0.29, 0.717) is 6.42 Å². The number of carboxylic acid groups (broad SMARTS) is 1. The van der Waals surface area contributed by atoms with Crippen molar-refractivity contribution in [2.75, 3.05) is 6.54 Å². The van der Waals surface area contributed by atoms with Crippen molar-refractivity contribution in [3.05, 3.63) is 34.3 Å². The Morgan fingerprint density at radius 2 is 2.07 bits per heavy atom. The molecule has 0 heterocycles. The zero-order chi connectivity index (χ0) is 10.6. The van der Waals surface area contributed by atoms with Gasteiger partial charge in [-0.25, -0.2) is 0 Å². The van der Waals surface area contributed by atoms with E-state index in [1.54, 1.807) is 0 Å². The molecule has 1 aromatic rings. The Bertz CT molecular complexity index is 333. The number of hydrogen-bond donors (Lipinski definition) is 2. The second-order valence-electron chi connectivity index (χ2n) is 3.07. The molecule has 15 heavy (non-hydrogen) atoms. The molecule has 5 heteroatoms. The third-order valence-electron chi connectivity index (χ3n) is 2.06. The summed E-state index contributed by atoms with van der Waals surface area (Å²) in [6.07, 6.45) is 0.466. The molecule has 1 atom stereocenters. The Labute approximate surface area is 103 Å². The maximum atomic E-state index is 10.8. The lowest BCUT2D eigenvalue weighted by Crippen LogP contribution is -2.25. The SMILES string of the molecule is Cl.NCC(Cc1ccccc1Br)C(=O)O. The van der Waals surface area contributed by atoms with Crippen LogP contribution in [0.4, 0.5) is 0 Å². The molecule has 1 rings (SSSR count). The molecule has 0 aliphatic heterocycles. The van der Waals surface area contributed by atoms with E-state index in [1.807, 2.05) is 24.3 Å². The predicted molar refractivity (Wildman–Crippen MR) is 65.3 cm³/mol. The van der Waals surface area contributed by atoms with Gasteiger partial charge in [-0.1, -0.05) is 34.1 Å². The van der Waals surface area contributed by atoms with Gasteiger partial charge in [0, 0.05) is 11.0 Å². The lowest BCUT2D eigenvalue weighted by Gasteiger charge is -2.10. The number of carbonyl (C=O) groups is 1. The second kappa shape index (κ2) is 6.82. The monoisotopic (exact) mass is 293 g/mol. The highest BCUT2D eigenvalue weighted by molar-refractivity contribution is 9.10. The number of halogens is 2. The third-order valence-corrected chi connectivity index (χ3v) is 2.83. The van der Waals surface area contributed by atoms with Crippen molar-refractivity contribution in [1.29, 1.82) is 0 Å². The average Bonchev–Trinajstić information content (AvgIpc) is 2.16. The van der Waals surface area contributed by atoms with Gasteiger partial charge < -0.3 is 10.8 Å². The van der Waals surface area contributed by atoms with Gasteiger partial charge in [-0.15, -0.1) is 12.4 Å². The van der Waals surface area contributed by atoms with E-state index >= 15 is 0 Å². The molecule has 0 aliphatic rings. The Morgan fingerprint density at radius 1 is 1.47 bits per heavy atom. The number of rotatable bonds is 4. The van der Waals surface area contributed by atoms with Crippen molar-refractivity contribution in [2.24, 2.45) is 11.7 Å². The van der Waals surface area contributed by atoms with Crippen LogP contribution in [0, 0.1) is 5.92 Å². The van der Waals surface area contributed by atoms with E-state index < -0.39 is 11.9 Å². The number of nitrogens with two attached hydrogens (primary N) is 1. The summed E-state index contributed by atoms with van der Waals surface area (Å²) in [5.74, 6) is -1.35. The van der Waals surface area contributed by atoms with Crippen LogP contribution >= 0.6 is 28.3 Å². The van der Waals surface area contributed by atoms with E-state index in [4.69, 9.17) is 10.8 Å². The Kier molecular flexibility index (Phi) is 6.56. The number of aliphatic carboxylic acids is 1. The van der Waals surface area contributed by atoms with Crippen LogP contribution in [0.2, 0.25) is 0 Å². The molecule has 0 radical (unpaired) electrons. The van der Waals surface area contributed by atoms with E-state index in [2.05, 4.69) is 15.9 Å². The molecular weight excluding hydrogens is 281 g/mol. The Hall–Kier alpha value is -0.580. The van der Waals surface area contributed by atoms with Gasteiger partial charge in [-0.2, -0.15) is 0 Å². The van der Waals surface area contributed by atoms with Gasteiger partial charge in [0.15, 0.2) is 0 Å². The summed E-state index contributed by atoms with van der Waals surface area (Å²) in [5.41, 5.74) is 6.35. The van der Waals surface area contributed by atoms with Crippen molar-refractivity contribution in [3.8, 4) is 0 Å². The molecule has 1 unspecified atom stereocenters. The number of hydrogen-bond acceptors (Lipinski definition) is 2. The normalized spacial score (nSPS) is 11.6. The first-order valence-corrected chi connectivity index (χ1v) is 5.10. The minimum atomic E-state index is -0.844. The van der Waals surface area contributed by atoms with Crippen LogP contribution in [-0.4, -0.2) is 17.6 Å². The quantitative estimate of drug-likeness (QED) is 0.893. The van der Waals surface area contributed by atoms with E-state index in [0.717, 1.165) is 10.0 Å². The van der Waals surface area contributed by atoms with Crippen molar-refractivity contribution >= 4 is 34.3 Å². The van der Waals surface area contributed by atoms with Crippen LogP contribution in [0.25, 0.3) is 0 Å². The summed E-state index contributed by atoms with van der Waals surface area (Å²) < 4.78 is 0.930. The molecule has 0 aliphatic carbocycles. The van der Waals surface area contributed by atoms with Crippen LogP contribution in [-0.2, 0) is 11.2 Å². The van der Waals surface area contributed by atoms with Gasteiger partial charge in [0.1, 0.15) is 0 Å². The predicted octanol–water partition coefficient (Wildman–Crippen LogP) is 2.07. The maximum Gasteiger partial charge on any atom is 0.308 e. The van der Waals surface area contributed by atoms with Crippen LogP contribution in [0.1, 0.15) is 5.56 Å². The molecule has 0 spiro atoms. The zero-order valence-corrected chi connectivity index (χ0v) is 10.4. The van der Waals surface area contributed by atoms with Crippen LogP contribution in [0.5, 0.6) is 0 Å². The van der Waals surface area contributed by atoms with Gasteiger partial charge in [-0.3, -0.25) is 4.79 Å². The standard InChI is InChI=1S/C10H12BrNO2.ClH/c11-9-4-2-1-3-7(9)5-8(6-12)10(13)14;/h1-4,8H,5-6,12H2,(H,13,14);1H. The first kappa shape index (κ1) is 14.4. The first-order valence-electron chi connectivity index (χ1n) is 4.31. The molecule has 0 bridgehead atoms. The smallest absolute Gasteiger partial charge is 0.308 e. The highest BCUT2D eigenvalue weighted by atomic mass is 79.9. The van der Waals surface area contributed by atoms with Gasteiger partial charge >= 0.3 is 5.97 Å². The molecule has 0 aromatic heterocycles. The van der Waals surface area contributed by atoms with Crippen molar-refractivity contribution in [1.82, 2.24) is 0 Å². The van der Waals surface area contributed by atoms with Gasteiger partial charge in [0.25, 0.3) is 0 Å². The van der Waals surface area contributed by atoms with Crippen molar-refractivity contribution in [3.63, 3.8) is 0 Å². The fourth-order valence-electron chi connectivity index (χ4n) is 1.20. The minimum Gasteiger partial charge on any atom is -0.481 e. The summed E-state index contributed by atoms with van der Waals surface area (Å²) in [4.78, 5) is 10.8. The van der Waals surface area contributed by atoms with Crippen molar-refractivity contribution < 1.29 is 9.90 Å². The van der Waals surface area contributed by atoms with E-state index in [9.17, 15) is 4.79 Å². The molecule has 0 saturated carbocycles. The van der Waals surface area contributed by atoms with Gasteiger partial charge in [-0.05, 0) is 18.1 Å². The molecule has 3 nitrogen and oxygen atoms in total. The molecule has 0 saturated heterocycles. The lowest BCUT2D eigenvalue weighted by molar-refractivity contribution is -0.141. The largest absolute Gasteiger partial charge is 0.481 e. The summed E-state index contributed by atoms with van der Waals surface area (Å²) in [7, 11) is 0. The molecule has 1 aromatic carbocycles. The Morgan fingerprint density at radius 3 is 2.53 bits per heavy atom. The Balaban J connectivity index is 0.00000196. The fraction of sp³-hybridized carbons (Fsp3) is 0.300. The highest BCUT2D eigenvalue weighted by Gasteiger charge is 2.16. The summed E-state index contributed by atoms with van der Waals surface area (Å²) >= 11 is 3.37. The lowest BCUT2D eigenvalue weighted by atomic mass is 10.00. The van der Waals surface area contributed by atoms with E-state index in [1.165, 1.54) is 0 Å².